The molecule has 1 heterocycles. The quantitative estimate of drug-likeness (QED) is 0.846. The highest BCUT2D eigenvalue weighted by Gasteiger charge is 2.34. The lowest BCUT2D eigenvalue weighted by Gasteiger charge is -2.33. The van der Waals surface area contributed by atoms with Crippen molar-refractivity contribution < 1.29 is 21.6 Å². The molecule has 0 atom stereocenters. The largest absolute Gasteiger partial charge is 0.416 e. The summed E-state index contributed by atoms with van der Waals surface area (Å²) in [6.45, 7) is 1.49. The van der Waals surface area contributed by atoms with E-state index in [1.54, 1.807) is 0 Å². The average Bonchev–Trinajstić information content (AvgIpc) is 2.39. The third-order valence-corrected chi connectivity index (χ3v) is 4.94. The molecule has 1 saturated heterocycles. The van der Waals surface area contributed by atoms with Crippen LogP contribution in [0.1, 0.15) is 11.1 Å². The van der Waals surface area contributed by atoms with E-state index in [0.717, 1.165) is 12.3 Å². The van der Waals surface area contributed by atoms with Gasteiger partial charge in [-0.2, -0.15) is 17.5 Å². The van der Waals surface area contributed by atoms with Crippen molar-refractivity contribution >= 4 is 15.7 Å². The number of alkyl halides is 3. The van der Waals surface area contributed by atoms with Crippen LogP contribution in [-0.2, 0) is 22.7 Å². The van der Waals surface area contributed by atoms with Gasteiger partial charge in [-0.05, 0) is 17.7 Å². The molecule has 0 aromatic heterocycles. The Hall–Kier alpha value is -1.32. The summed E-state index contributed by atoms with van der Waals surface area (Å²) in [7, 11) is -3.25. The minimum Gasteiger partial charge on any atom is -0.399 e. The van der Waals surface area contributed by atoms with Gasteiger partial charge in [0.15, 0.2) is 0 Å². The molecule has 1 aliphatic heterocycles. The Labute approximate surface area is 127 Å². The summed E-state index contributed by atoms with van der Waals surface area (Å²) >= 11 is 0. The van der Waals surface area contributed by atoms with Crippen molar-refractivity contribution in [3.05, 3.63) is 29.3 Å². The molecule has 0 spiro atoms. The first kappa shape index (κ1) is 17.0. The van der Waals surface area contributed by atoms with E-state index in [4.69, 9.17) is 5.73 Å². The highest BCUT2D eigenvalue weighted by molar-refractivity contribution is 7.88. The molecule has 0 saturated carbocycles. The highest BCUT2D eigenvalue weighted by Crippen LogP contribution is 2.34. The average molecular weight is 337 g/mol. The van der Waals surface area contributed by atoms with E-state index in [0.29, 0.717) is 13.1 Å². The van der Waals surface area contributed by atoms with Crippen LogP contribution in [-0.4, -0.2) is 50.1 Å². The molecular weight excluding hydrogens is 319 g/mol. The van der Waals surface area contributed by atoms with E-state index in [-0.39, 0.29) is 30.9 Å². The number of hydrogen-bond acceptors (Lipinski definition) is 4. The van der Waals surface area contributed by atoms with Gasteiger partial charge < -0.3 is 5.73 Å². The first-order valence-corrected chi connectivity index (χ1v) is 8.55. The molecule has 1 fully saturated rings. The van der Waals surface area contributed by atoms with Crippen LogP contribution in [0.4, 0.5) is 18.9 Å². The summed E-state index contributed by atoms with van der Waals surface area (Å²) < 4.78 is 63.3. The lowest BCUT2D eigenvalue weighted by atomic mass is 10.1. The molecular formula is C13H18F3N3O2S. The summed E-state index contributed by atoms with van der Waals surface area (Å²) in [4.78, 5) is 1.81. The maximum absolute atomic E-state index is 13.0. The molecule has 0 amide bonds. The zero-order chi connectivity index (χ0) is 16.5. The van der Waals surface area contributed by atoms with Gasteiger partial charge in [0.05, 0.1) is 11.8 Å². The summed E-state index contributed by atoms with van der Waals surface area (Å²) in [5.74, 6) is 0. The Balaban J connectivity index is 2.10. The SMILES string of the molecule is CS(=O)(=O)N1CCN(Cc2ccc(N)cc2C(F)(F)F)CC1. The van der Waals surface area contributed by atoms with Gasteiger partial charge in [-0.25, -0.2) is 8.42 Å². The molecule has 0 unspecified atom stereocenters. The van der Waals surface area contributed by atoms with Gasteiger partial charge in [-0.1, -0.05) is 6.07 Å². The van der Waals surface area contributed by atoms with Gasteiger partial charge in [0.2, 0.25) is 10.0 Å². The number of anilines is 1. The smallest absolute Gasteiger partial charge is 0.399 e. The van der Waals surface area contributed by atoms with Crippen molar-refractivity contribution in [3.63, 3.8) is 0 Å². The lowest BCUT2D eigenvalue weighted by Crippen LogP contribution is -2.47. The highest BCUT2D eigenvalue weighted by atomic mass is 32.2. The van der Waals surface area contributed by atoms with E-state index < -0.39 is 21.8 Å². The molecule has 0 aliphatic carbocycles. The monoisotopic (exact) mass is 337 g/mol. The second-order valence-corrected chi connectivity index (χ2v) is 7.33. The Kier molecular flexibility index (Phi) is 4.69. The molecule has 22 heavy (non-hydrogen) atoms. The van der Waals surface area contributed by atoms with Crippen molar-refractivity contribution in [3.8, 4) is 0 Å². The first-order chi connectivity index (χ1) is 10.1. The Morgan fingerprint density at radius 2 is 1.77 bits per heavy atom. The van der Waals surface area contributed by atoms with Crippen LogP contribution >= 0.6 is 0 Å². The van der Waals surface area contributed by atoms with Gasteiger partial charge >= 0.3 is 6.18 Å². The second-order valence-electron chi connectivity index (χ2n) is 5.35. The third-order valence-electron chi connectivity index (χ3n) is 3.63. The number of piperazine rings is 1. The molecule has 0 radical (unpaired) electrons. The Morgan fingerprint density at radius 3 is 2.27 bits per heavy atom. The Morgan fingerprint density at radius 1 is 1.18 bits per heavy atom. The first-order valence-electron chi connectivity index (χ1n) is 6.70. The Bertz CT molecular complexity index is 638. The number of nitrogen functional groups attached to an aromatic ring is 1. The molecule has 1 aliphatic rings. The number of halogens is 3. The van der Waals surface area contributed by atoms with Crippen molar-refractivity contribution in [1.82, 2.24) is 9.21 Å². The van der Waals surface area contributed by atoms with Crippen LogP contribution in [0.25, 0.3) is 0 Å². The van der Waals surface area contributed by atoms with E-state index in [1.807, 2.05) is 4.90 Å². The van der Waals surface area contributed by atoms with Crippen LogP contribution in [0.3, 0.4) is 0 Å². The number of nitrogens with two attached hydrogens (primary N) is 1. The maximum atomic E-state index is 13.0. The number of hydrogen-bond donors (Lipinski definition) is 1. The molecule has 2 rings (SSSR count). The topological polar surface area (TPSA) is 66.6 Å². The minimum absolute atomic E-state index is 0.0676. The van der Waals surface area contributed by atoms with Gasteiger partial charge in [-0.3, -0.25) is 4.90 Å². The molecule has 9 heteroatoms. The predicted molar refractivity (Wildman–Crippen MR) is 77.6 cm³/mol. The van der Waals surface area contributed by atoms with E-state index in [2.05, 4.69) is 0 Å². The van der Waals surface area contributed by atoms with Crippen LogP contribution in [0.15, 0.2) is 18.2 Å². The zero-order valence-corrected chi connectivity index (χ0v) is 12.9. The molecule has 1 aromatic carbocycles. The molecule has 124 valence electrons. The number of nitrogens with zero attached hydrogens (tertiary/aromatic N) is 2. The van der Waals surface area contributed by atoms with Crippen molar-refractivity contribution in [2.75, 3.05) is 38.2 Å². The van der Waals surface area contributed by atoms with Crippen molar-refractivity contribution in [1.29, 1.82) is 0 Å². The van der Waals surface area contributed by atoms with Crippen LogP contribution < -0.4 is 5.73 Å². The second kappa shape index (κ2) is 6.05. The summed E-state index contributed by atoms with van der Waals surface area (Å²) in [5, 5.41) is 0. The van der Waals surface area contributed by atoms with E-state index >= 15 is 0 Å². The van der Waals surface area contributed by atoms with Crippen molar-refractivity contribution in [2.24, 2.45) is 0 Å². The number of sulfonamides is 1. The van der Waals surface area contributed by atoms with Crippen molar-refractivity contribution in [2.45, 2.75) is 12.7 Å². The standard InChI is InChI=1S/C13H18F3N3O2S/c1-22(20,21)19-6-4-18(5-7-19)9-10-2-3-11(17)8-12(10)13(14,15)16/h2-3,8H,4-7,9,17H2,1H3. The van der Waals surface area contributed by atoms with Gasteiger partial charge in [-0.15, -0.1) is 0 Å². The van der Waals surface area contributed by atoms with E-state index in [9.17, 15) is 21.6 Å². The normalized spacial score (nSPS) is 18.5. The fourth-order valence-electron chi connectivity index (χ4n) is 2.46. The van der Waals surface area contributed by atoms with Gasteiger partial charge in [0.25, 0.3) is 0 Å². The summed E-state index contributed by atoms with van der Waals surface area (Å²) in [6.07, 6.45) is -3.33. The van der Waals surface area contributed by atoms with Gasteiger partial charge in [0.1, 0.15) is 0 Å². The van der Waals surface area contributed by atoms with Crippen LogP contribution in [0.5, 0.6) is 0 Å². The van der Waals surface area contributed by atoms with Gasteiger partial charge in [0, 0.05) is 38.4 Å². The lowest BCUT2D eigenvalue weighted by molar-refractivity contribution is -0.138. The molecule has 2 N–H and O–H groups in total. The molecule has 1 aromatic rings. The zero-order valence-electron chi connectivity index (χ0n) is 12.1. The minimum atomic E-state index is -4.46. The number of rotatable bonds is 3. The third kappa shape index (κ3) is 4.11. The molecule has 0 bridgehead atoms. The fourth-order valence-corrected chi connectivity index (χ4v) is 3.28. The van der Waals surface area contributed by atoms with Crippen LogP contribution in [0.2, 0.25) is 0 Å². The predicted octanol–water partition coefficient (Wildman–Crippen LogP) is 1.36. The molecule has 5 nitrogen and oxygen atoms in total. The maximum Gasteiger partial charge on any atom is 0.416 e. The number of benzene rings is 1. The van der Waals surface area contributed by atoms with E-state index in [1.165, 1.54) is 16.4 Å². The van der Waals surface area contributed by atoms with Crippen LogP contribution in [0, 0.1) is 0 Å². The summed E-state index contributed by atoms with van der Waals surface area (Å²) in [6, 6.07) is 3.75. The summed E-state index contributed by atoms with van der Waals surface area (Å²) in [5.41, 5.74) is 4.91. The fraction of sp³-hybridized carbons (Fsp3) is 0.538.